The van der Waals surface area contributed by atoms with E-state index in [2.05, 4.69) is 17.7 Å². The zero-order valence-electron chi connectivity index (χ0n) is 10.7. The molecule has 0 spiro atoms. The van der Waals surface area contributed by atoms with E-state index in [1.807, 2.05) is 0 Å². The van der Waals surface area contributed by atoms with Gasteiger partial charge in [-0.2, -0.15) is 18.0 Å². The number of nitrogens with zero attached hydrogens (tertiary/aromatic N) is 2. The van der Waals surface area contributed by atoms with Crippen LogP contribution < -0.4 is 4.72 Å². The first kappa shape index (κ1) is 14.4. The lowest BCUT2D eigenvalue weighted by Gasteiger charge is -2.30. The molecule has 0 amide bonds. The topological polar surface area (TPSA) is 73.2 Å². The van der Waals surface area contributed by atoms with Crippen LogP contribution in [0.2, 0.25) is 0 Å². The quantitative estimate of drug-likeness (QED) is 0.821. The molecule has 98 valence electrons. The van der Waals surface area contributed by atoms with Crippen molar-refractivity contribution in [3.05, 3.63) is 0 Å². The van der Waals surface area contributed by atoms with Crippen LogP contribution in [0.4, 0.5) is 0 Å². The Kier molecular flexibility index (Phi) is 4.53. The molecule has 1 aliphatic rings. The van der Waals surface area contributed by atoms with Crippen molar-refractivity contribution < 1.29 is 8.42 Å². The SMILES string of the molecule is CC1CCCN(S(=O)(=O)NCC(C)(C)C#N)C1. The summed E-state index contributed by atoms with van der Waals surface area (Å²) in [5, 5.41) is 8.84. The molecule has 1 atom stereocenters. The first-order chi connectivity index (χ1) is 7.77. The van der Waals surface area contributed by atoms with E-state index in [0.29, 0.717) is 19.0 Å². The third kappa shape index (κ3) is 4.26. The molecule has 1 fully saturated rings. The van der Waals surface area contributed by atoms with Crippen LogP contribution in [0.3, 0.4) is 0 Å². The largest absolute Gasteiger partial charge is 0.279 e. The van der Waals surface area contributed by atoms with Crippen molar-refractivity contribution in [1.82, 2.24) is 9.03 Å². The number of nitriles is 1. The lowest BCUT2D eigenvalue weighted by molar-refractivity contribution is 0.276. The molecule has 0 aromatic rings. The van der Waals surface area contributed by atoms with Gasteiger partial charge in [0.2, 0.25) is 0 Å². The second-order valence-electron chi connectivity index (χ2n) is 5.43. The molecule has 0 saturated carbocycles. The molecular formula is C11H21N3O2S. The normalized spacial score (nSPS) is 23.3. The number of hydrogen-bond acceptors (Lipinski definition) is 3. The second kappa shape index (κ2) is 5.34. The van der Waals surface area contributed by atoms with Crippen LogP contribution in [0, 0.1) is 22.7 Å². The van der Waals surface area contributed by atoms with Gasteiger partial charge in [-0.3, -0.25) is 0 Å². The van der Waals surface area contributed by atoms with Gasteiger partial charge in [-0.1, -0.05) is 6.92 Å². The van der Waals surface area contributed by atoms with E-state index in [1.54, 1.807) is 13.8 Å². The van der Waals surface area contributed by atoms with Gasteiger partial charge in [0, 0.05) is 19.6 Å². The third-order valence-electron chi connectivity index (χ3n) is 2.96. The standard InChI is InChI=1S/C11H21N3O2S/c1-10-5-4-6-14(7-10)17(15,16)13-9-11(2,3)8-12/h10,13H,4-7,9H2,1-3H3. The van der Waals surface area contributed by atoms with Gasteiger partial charge in [0.1, 0.15) is 0 Å². The summed E-state index contributed by atoms with van der Waals surface area (Å²) >= 11 is 0. The van der Waals surface area contributed by atoms with E-state index in [9.17, 15) is 8.42 Å². The van der Waals surface area contributed by atoms with Gasteiger partial charge in [-0.05, 0) is 32.6 Å². The molecule has 1 saturated heterocycles. The maximum Gasteiger partial charge on any atom is 0.279 e. The molecule has 5 nitrogen and oxygen atoms in total. The molecule has 0 aromatic heterocycles. The Balaban J connectivity index is 2.60. The summed E-state index contributed by atoms with van der Waals surface area (Å²) in [4.78, 5) is 0. The summed E-state index contributed by atoms with van der Waals surface area (Å²) in [5.74, 6) is 0.407. The first-order valence-corrected chi connectivity index (χ1v) is 7.37. The number of hydrogen-bond donors (Lipinski definition) is 1. The highest BCUT2D eigenvalue weighted by Crippen LogP contribution is 2.18. The highest BCUT2D eigenvalue weighted by molar-refractivity contribution is 7.87. The fourth-order valence-corrected chi connectivity index (χ4v) is 3.31. The monoisotopic (exact) mass is 259 g/mol. The fourth-order valence-electron chi connectivity index (χ4n) is 1.77. The summed E-state index contributed by atoms with van der Waals surface area (Å²) < 4.78 is 28.0. The maximum absolute atomic E-state index is 12.0. The van der Waals surface area contributed by atoms with Gasteiger partial charge in [0.15, 0.2) is 0 Å². The van der Waals surface area contributed by atoms with Crippen molar-refractivity contribution in [3.8, 4) is 6.07 Å². The predicted octanol–water partition coefficient (Wildman–Crippen LogP) is 1.10. The molecule has 0 radical (unpaired) electrons. The Morgan fingerprint density at radius 1 is 1.53 bits per heavy atom. The second-order valence-corrected chi connectivity index (χ2v) is 7.18. The number of piperidine rings is 1. The lowest BCUT2D eigenvalue weighted by Crippen LogP contribution is -2.47. The zero-order chi connectivity index (χ0) is 13.1. The van der Waals surface area contributed by atoms with Crippen molar-refractivity contribution in [2.75, 3.05) is 19.6 Å². The summed E-state index contributed by atoms with van der Waals surface area (Å²) in [5.41, 5.74) is -0.672. The first-order valence-electron chi connectivity index (χ1n) is 5.93. The molecule has 6 heteroatoms. The number of rotatable bonds is 4. The minimum absolute atomic E-state index is 0.150. The van der Waals surface area contributed by atoms with E-state index in [1.165, 1.54) is 4.31 Å². The molecule has 17 heavy (non-hydrogen) atoms. The Labute approximate surface area is 104 Å². The zero-order valence-corrected chi connectivity index (χ0v) is 11.5. The van der Waals surface area contributed by atoms with E-state index in [-0.39, 0.29) is 6.54 Å². The van der Waals surface area contributed by atoms with Gasteiger partial charge in [-0.25, -0.2) is 4.72 Å². The highest BCUT2D eigenvalue weighted by atomic mass is 32.2. The molecule has 0 aromatic carbocycles. The molecular weight excluding hydrogens is 238 g/mol. The van der Waals surface area contributed by atoms with E-state index < -0.39 is 15.6 Å². The van der Waals surface area contributed by atoms with Crippen molar-refractivity contribution in [3.63, 3.8) is 0 Å². The van der Waals surface area contributed by atoms with Crippen molar-refractivity contribution in [2.24, 2.45) is 11.3 Å². The minimum Gasteiger partial charge on any atom is -0.201 e. The Morgan fingerprint density at radius 3 is 2.71 bits per heavy atom. The fraction of sp³-hybridized carbons (Fsp3) is 0.909. The van der Waals surface area contributed by atoms with Crippen LogP contribution in [-0.2, 0) is 10.2 Å². The summed E-state index contributed by atoms with van der Waals surface area (Å²) in [6.45, 7) is 6.79. The van der Waals surface area contributed by atoms with Crippen LogP contribution in [0.15, 0.2) is 0 Å². The molecule has 0 aliphatic carbocycles. The van der Waals surface area contributed by atoms with Crippen molar-refractivity contribution in [1.29, 1.82) is 5.26 Å². The van der Waals surface area contributed by atoms with Crippen LogP contribution in [0.1, 0.15) is 33.6 Å². The summed E-state index contributed by atoms with van der Waals surface area (Å²) in [6, 6.07) is 2.08. The van der Waals surface area contributed by atoms with E-state index in [4.69, 9.17) is 5.26 Å². The Morgan fingerprint density at radius 2 is 2.18 bits per heavy atom. The van der Waals surface area contributed by atoms with Gasteiger partial charge >= 0.3 is 0 Å². The Hall–Kier alpha value is -0.640. The minimum atomic E-state index is -3.43. The van der Waals surface area contributed by atoms with Crippen LogP contribution in [0.25, 0.3) is 0 Å². The average Bonchev–Trinajstić information content (AvgIpc) is 2.27. The molecule has 1 N–H and O–H groups in total. The van der Waals surface area contributed by atoms with Crippen LogP contribution in [-0.4, -0.2) is 32.4 Å². The van der Waals surface area contributed by atoms with E-state index in [0.717, 1.165) is 12.8 Å². The third-order valence-corrected chi connectivity index (χ3v) is 4.48. The predicted molar refractivity (Wildman–Crippen MR) is 66.3 cm³/mol. The average molecular weight is 259 g/mol. The Bertz CT molecular complexity index is 397. The van der Waals surface area contributed by atoms with Gasteiger partial charge in [-0.15, -0.1) is 0 Å². The molecule has 0 bridgehead atoms. The van der Waals surface area contributed by atoms with Crippen LogP contribution >= 0.6 is 0 Å². The maximum atomic E-state index is 12.0. The smallest absolute Gasteiger partial charge is 0.201 e. The molecule has 1 aliphatic heterocycles. The van der Waals surface area contributed by atoms with Gasteiger partial charge < -0.3 is 0 Å². The van der Waals surface area contributed by atoms with Crippen molar-refractivity contribution in [2.45, 2.75) is 33.6 Å². The summed E-state index contributed by atoms with van der Waals surface area (Å²) in [6.07, 6.45) is 1.99. The van der Waals surface area contributed by atoms with Crippen molar-refractivity contribution >= 4 is 10.2 Å². The molecule has 1 unspecified atom stereocenters. The summed E-state index contributed by atoms with van der Waals surface area (Å²) in [7, 11) is -3.43. The number of nitrogens with one attached hydrogen (secondary N) is 1. The van der Waals surface area contributed by atoms with Gasteiger partial charge in [0.25, 0.3) is 10.2 Å². The van der Waals surface area contributed by atoms with E-state index >= 15 is 0 Å². The highest BCUT2D eigenvalue weighted by Gasteiger charge is 2.28. The molecule has 1 rings (SSSR count). The molecule has 1 heterocycles. The van der Waals surface area contributed by atoms with Gasteiger partial charge in [0.05, 0.1) is 11.5 Å². The lowest BCUT2D eigenvalue weighted by atomic mass is 9.97. The van der Waals surface area contributed by atoms with Crippen LogP contribution in [0.5, 0.6) is 0 Å².